The van der Waals surface area contributed by atoms with E-state index in [2.05, 4.69) is 212 Å². The second-order valence-electron chi connectivity index (χ2n) is 17.3. The molecule has 3 heteroatoms. The van der Waals surface area contributed by atoms with E-state index < -0.39 is 7.53 Å². The van der Waals surface area contributed by atoms with Crippen LogP contribution in [0.2, 0.25) is 0 Å². The Hall–Kier alpha value is -6.60. The van der Waals surface area contributed by atoms with Crippen LogP contribution in [-0.4, -0.2) is 6.54 Å². The lowest BCUT2D eigenvalue weighted by molar-refractivity contribution is 0.659. The maximum atomic E-state index is 2.52. The first-order chi connectivity index (χ1) is 29.5. The largest absolute Gasteiger partial charge is 0.341 e. The molecule has 0 N–H and O–H groups in total. The molecule has 1 unspecified atom stereocenters. The zero-order valence-electron chi connectivity index (χ0n) is 34.1. The van der Waals surface area contributed by atoms with E-state index >= 15 is 0 Å². The highest BCUT2D eigenvalue weighted by atomic mass is 31.1. The summed E-state index contributed by atoms with van der Waals surface area (Å²) in [6, 6.07) is 66.5. The van der Waals surface area contributed by atoms with Crippen LogP contribution in [0, 0.1) is 0 Å². The normalized spacial score (nSPS) is 15.2. The molecule has 2 nitrogen and oxygen atoms in total. The van der Waals surface area contributed by atoms with Gasteiger partial charge in [-0.1, -0.05) is 149 Å². The molecule has 288 valence electrons. The summed E-state index contributed by atoms with van der Waals surface area (Å²) < 4.78 is 0. The van der Waals surface area contributed by atoms with Crippen LogP contribution in [0.15, 0.2) is 176 Å². The van der Waals surface area contributed by atoms with Crippen molar-refractivity contribution in [3.05, 3.63) is 215 Å². The monoisotopic (exact) mass is 788 g/mol. The van der Waals surface area contributed by atoms with Gasteiger partial charge in [-0.2, -0.15) is 0 Å². The number of benzene rings is 8. The van der Waals surface area contributed by atoms with Gasteiger partial charge in [0.1, 0.15) is 0 Å². The minimum atomic E-state index is -0.675. The third kappa shape index (κ3) is 5.55. The van der Waals surface area contributed by atoms with Crippen LogP contribution < -0.4 is 9.80 Å². The first-order valence-corrected chi connectivity index (χ1v) is 22.8. The van der Waals surface area contributed by atoms with Gasteiger partial charge < -0.3 is 9.80 Å². The molecule has 0 spiro atoms. The first kappa shape index (κ1) is 35.4. The predicted molar refractivity (Wildman–Crippen MR) is 258 cm³/mol. The number of aryl methyl sites for hydroxylation is 1. The highest BCUT2D eigenvalue weighted by Gasteiger charge is 2.36. The fourth-order valence-corrected chi connectivity index (χ4v) is 13.1. The lowest BCUT2D eigenvalue weighted by Gasteiger charge is -2.33. The Kier molecular flexibility index (Phi) is 8.09. The maximum absolute atomic E-state index is 2.52. The summed E-state index contributed by atoms with van der Waals surface area (Å²) in [6.45, 7) is 5.86. The summed E-state index contributed by atoms with van der Waals surface area (Å²) >= 11 is 0. The van der Waals surface area contributed by atoms with Gasteiger partial charge >= 0.3 is 0 Å². The molecule has 0 saturated heterocycles. The van der Waals surface area contributed by atoms with E-state index in [0.29, 0.717) is 0 Å². The first-order valence-electron chi connectivity index (χ1n) is 21.4. The smallest absolute Gasteiger partial charge is 0.0497 e. The number of fused-ring (bicyclic) bond motifs is 9. The fourth-order valence-electron chi connectivity index (χ4n) is 10.5. The molecule has 0 amide bonds. The van der Waals surface area contributed by atoms with Crippen LogP contribution in [0.3, 0.4) is 0 Å². The summed E-state index contributed by atoms with van der Waals surface area (Å²) in [5.41, 5.74) is 18.5. The minimum absolute atomic E-state index is 0.0984. The molecule has 3 heterocycles. The number of rotatable bonds is 5. The van der Waals surface area contributed by atoms with Gasteiger partial charge in [0.2, 0.25) is 0 Å². The van der Waals surface area contributed by atoms with Gasteiger partial charge in [-0.05, 0) is 140 Å². The standard InChI is InChI=1S/C57H45N2P/c1-57(2)50-34-39(24-28-46(50)47-29-26-43(37-51(47)57)58-32-12-16-40-13-6-9-19-52(40)58)23-22-38-25-30-55-48(33-38)49-36-44(27-31-56(49)60(55)45-17-4-3-5-18-45)59-53-20-10-7-14-41(53)35-42-15-8-11-21-54(42)59/h3-11,13-15,17-31,33-34,36-37H,12,16,32,35H2,1-2H3. The summed E-state index contributed by atoms with van der Waals surface area (Å²) in [5.74, 6) is 0. The number of hydrogen-bond donors (Lipinski definition) is 0. The van der Waals surface area contributed by atoms with Gasteiger partial charge in [0.25, 0.3) is 0 Å². The Labute approximate surface area is 353 Å². The molecule has 1 atom stereocenters. The average Bonchev–Trinajstić information content (AvgIpc) is 3.74. The third-order valence-electron chi connectivity index (χ3n) is 13.5. The Morgan fingerprint density at radius 1 is 0.500 bits per heavy atom. The third-order valence-corrected chi connectivity index (χ3v) is 16.0. The number of para-hydroxylation sites is 3. The van der Waals surface area contributed by atoms with E-state index in [0.717, 1.165) is 19.4 Å². The number of nitrogens with zero attached hydrogens (tertiary/aromatic N) is 2. The van der Waals surface area contributed by atoms with E-state index in [1.165, 1.54) is 111 Å². The van der Waals surface area contributed by atoms with Crippen LogP contribution in [0.5, 0.6) is 0 Å². The second-order valence-corrected chi connectivity index (χ2v) is 19.4. The SMILES string of the molecule is CC1(C)c2cc(C=Cc3ccc4c(c3)c3cc(N5c6ccccc6Cc6ccccc65)ccc3p4-c3ccccc3)ccc2-c2ccc(N3CCCc4ccccc43)cc21. The van der Waals surface area contributed by atoms with Gasteiger partial charge in [-0.15, -0.1) is 0 Å². The van der Waals surface area contributed by atoms with Gasteiger partial charge in [0.15, 0.2) is 0 Å². The van der Waals surface area contributed by atoms with Crippen molar-refractivity contribution in [2.45, 2.75) is 38.5 Å². The van der Waals surface area contributed by atoms with Crippen molar-refractivity contribution in [1.29, 1.82) is 0 Å². The Balaban J connectivity index is 0.922. The van der Waals surface area contributed by atoms with Crippen molar-refractivity contribution >= 4 is 69.1 Å². The van der Waals surface area contributed by atoms with E-state index in [4.69, 9.17) is 0 Å². The van der Waals surface area contributed by atoms with Crippen molar-refractivity contribution in [2.24, 2.45) is 0 Å². The molecule has 0 radical (unpaired) electrons. The molecule has 8 aromatic carbocycles. The Morgan fingerprint density at radius 3 is 1.82 bits per heavy atom. The Morgan fingerprint density at radius 2 is 1.07 bits per heavy atom. The molecular weight excluding hydrogens is 744 g/mol. The number of hydrogen-bond acceptors (Lipinski definition) is 2. The maximum Gasteiger partial charge on any atom is 0.0497 e. The molecular formula is C57H45N2P. The van der Waals surface area contributed by atoms with Crippen LogP contribution in [0.1, 0.15) is 59.2 Å². The minimum Gasteiger partial charge on any atom is -0.341 e. The summed E-state index contributed by atoms with van der Waals surface area (Å²) in [7, 11) is -0.675. The summed E-state index contributed by atoms with van der Waals surface area (Å²) in [5, 5.41) is 6.96. The van der Waals surface area contributed by atoms with Gasteiger partial charge in [-0.3, -0.25) is 0 Å². The highest BCUT2D eigenvalue weighted by molar-refractivity contribution is 7.67. The molecule has 1 aliphatic carbocycles. The second kappa shape index (κ2) is 13.7. The molecule has 0 fully saturated rings. The van der Waals surface area contributed by atoms with E-state index in [9.17, 15) is 0 Å². The van der Waals surface area contributed by atoms with Crippen LogP contribution in [0.4, 0.5) is 28.4 Å². The number of anilines is 5. The van der Waals surface area contributed by atoms with E-state index in [1.54, 1.807) is 0 Å². The summed E-state index contributed by atoms with van der Waals surface area (Å²) in [4.78, 5) is 5.00. The topological polar surface area (TPSA) is 6.48 Å². The van der Waals surface area contributed by atoms with Crippen molar-refractivity contribution in [2.75, 3.05) is 16.3 Å². The molecule has 60 heavy (non-hydrogen) atoms. The summed E-state index contributed by atoms with van der Waals surface area (Å²) in [6.07, 6.45) is 7.92. The van der Waals surface area contributed by atoms with Gasteiger partial charge in [0, 0.05) is 57.1 Å². The van der Waals surface area contributed by atoms with Crippen LogP contribution >= 0.6 is 7.53 Å². The molecule has 0 bridgehead atoms. The van der Waals surface area contributed by atoms with E-state index in [-0.39, 0.29) is 5.41 Å². The molecule has 0 saturated carbocycles. The molecule has 12 rings (SSSR count). The highest BCUT2D eigenvalue weighted by Crippen LogP contribution is 2.57. The Bertz CT molecular complexity index is 3160. The molecule has 1 aromatic heterocycles. The van der Waals surface area contributed by atoms with Crippen LogP contribution in [-0.2, 0) is 18.3 Å². The predicted octanol–water partition coefficient (Wildman–Crippen LogP) is 15.9. The van der Waals surface area contributed by atoms with Crippen LogP contribution in [0.25, 0.3) is 49.6 Å². The fraction of sp³-hybridized carbons (Fsp3) is 0.123. The van der Waals surface area contributed by atoms with E-state index in [1.807, 2.05) is 0 Å². The lowest BCUT2D eigenvalue weighted by atomic mass is 9.81. The molecule has 2 aliphatic heterocycles. The van der Waals surface area contributed by atoms with Crippen molar-refractivity contribution < 1.29 is 0 Å². The molecule has 9 aromatic rings. The quantitative estimate of drug-likeness (QED) is 0.160. The van der Waals surface area contributed by atoms with Crippen molar-refractivity contribution in [3.63, 3.8) is 0 Å². The lowest BCUT2D eigenvalue weighted by Crippen LogP contribution is -2.25. The zero-order chi connectivity index (χ0) is 40.0. The average molecular weight is 789 g/mol. The molecule has 3 aliphatic rings. The van der Waals surface area contributed by atoms with Gasteiger partial charge in [0.05, 0.1) is 0 Å². The van der Waals surface area contributed by atoms with Gasteiger partial charge in [-0.25, -0.2) is 0 Å². The van der Waals surface area contributed by atoms with Crippen molar-refractivity contribution in [3.8, 4) is 16.4 Å². The van der Waals surface area contributed by atoms with Crippen molar-refractivity contribution in [1.82, 2.24) is 0 Å². The zero-order valence-corrected chi connectivity index (χ0v) is 35.0.